The second-order valence-corrected chi connectivity index (χ2v) is 8.13. The second kappa shape index (κ2) is 9.76. The molecule has 4 rings (SSSR count). The fourth-order valence-electron chi connectivity index (χ4n) is 3.89. The Labute approximate surface area is 177 Å². The summed E-state index contributed by atoms with van der Waals surface area (Å²) in [5, 5.41) is 7.67. The van der Waals surface area contributed by atoms with Gasteiger partial charge in [-0.25, -0.2) is 4.68 Å². The van der Waals surface area contributed by atoms with Gasteiger partial charge in [-0.05, 0) is 75.5 Å². The van der Waals surface area contributed by atoms with E-state index in [1.54, 1.807) is 17.0 Å². The number of unbranched alkanes of at least 4 members (excludes halogenated alkanes) is 1. The Balaban J connectivity index is 1.36. The van der Waals surface area contributed by atoms with Gasteiger partial charge in [0.1, 0.15) is 11.4 Å². The number of aromatic nitrogens is 2. The van der Waals surface area contributed by atoms with E-state index in [-0.39, 0.29) is 5.91 Å². The predicted octanol–water partition coefficient (Wildman–Crippen LogP) is 4.37. The van der Waals surface area contributed by atoms with Crippen molar-refractivity contribution in [2.24, 2.45) is 5.92 Å². The average molecular weight is 407 g/mol. The number of furan rings is 1. The molecule has 3 aromatic rings. The van der Waals surface area contributed by atoms with Crippen molar-refractivity contribution in [2.45, 2.75) is 32.6 Å². The van der Waals surface area contributed by atoms with Crippen molar-refractivity contribution in [2.75, 3.05) is 26.2 Å². The quantitative estimate of drug-likeness (QED) is 0.564. The Hall–Kier alpha value is -2.86. The molecule has 6 heteroatoms. The molecule has 0 saturated carbocycles. The van der Waals surface area contributed by atoms with Gasteiger partial charge in [0.25, 0.3) is 5.91 Å². The lowest BCUT2D eigenvalue weighted by Gasteiger charge is -2.30. The molecule has 1 fully saturated rings. The van der Waals surface area contributed by atoms with Crippen molar-refractivity contribution >= 4 is 5.91 Å². The smallest absolute Gasteiger partial charge is 0.270 e. The van der Waals surface area contributed by atoms with Crippen molar-refractivity contribution in [3.63, 3.8) is 0 Å². The molecule has 1 saturated heterocycles. The third-order valence-electron chi connectivity index (χ3n) is 5.78. The number of likely N-dealkylation sites (tertiary alicyclic amines) is 1. The topological polar surface area (TPSA) is 63.3 Å². The monoisotopic (exact) mass is 406 g/mol. The SMILES string of the molecule is CC1CCN(CCCCNC(=O)c2cc(-c3ccco3)nn2-c2ccccc2)CC1. The van der Waals surface area contributed by atoms with Crippen LogP contribution in [0, 0.1) is 5.92 Å². The Kier molecular flexibility index (Phi) is 6.64. The number of carbonyl (C=O) groups excluding carboxylic acids is 1. The van der Waals surface area contributed by atoms with Crippen LogP contribution >= 0.6 is 0 Å². The van der Waals surface area contributed by atoms with E-state index < -0.39 is 0 Å². The van der Waals surface area contributed by atoms with E-state index in [1.807, 2.05) is 42.5 Å². The summed E-state index contributed by atoms with van der Waals surface area (Å²) >= 11 is 0. The zero-order chi connectivity index (χ0) is 20.8. The van der Waals surface area contributed by atoms with Crippen molar-refractivity contribution < 1.29 is 9.21 Å². The van der Waals surface area contributed by atoms with Crippen LogP contribution < -0.4 is 5.32 Å². The Morgan fingerprint density at radius 2 is 1.93 bits per heavy atom. The van der Waals surface area contributed by atoms with Gasteiger partial charge in [-0.3, -0.25) is 4.79 Å². The summed E-state index contributed by atoms with van der Waals surface area (Å²) in [6.07, 6.45) is 6.29. The van der Waals surface area contributed by atoms with E-state index in [1.165, 1.54) is 25.9 Å². The molecule has 30 heavy (non-hydrogen) atoms. The first-order chi connectivity index (χ1) is 14.7. The molecule has 0 atom stereocenters. The molecule has 158 valence electrons. The fourth-order valence-corrected chi connectivity index (χ4v) is 3.89. The third kappa shape index (κ3) is 5.00. The summed E-state index contributed by atoms with van der Waals surface area (Å²) in [6.45, 7) is 6.54. The zero-order valence-electron chi connectivity index (χ0n) is 17.6. The van der Waals surface area contributed by atoms with Crippen molar-refractivity contribution in [3.8, 4) is 17.1 Å². The number of rotatable bonds is 8. The molecule has 1 amide bonds. The third-order valence-corrected chi connectivity index (χ3v) is 5.78. The van der Waals surface area contributed by atoms with Gasteiger partial charge in [-0.15, -0.1) is 0 Å². The maximum absolute atomic E-state index is 12.9. The highest BCUT2D eigenvalue weighted by molar-refractivity contribution is 5.94. The standard InChI is InChI=1S/C24H30N4O2/c1-19-11-15-27(16-12-19)14-6-5-13-25-24(29)22-18-21(23-10-7-17-30-23)26-28(22)20-8-3-2-4-9-20/h2-4,7-10,17-19H,5-6,11-16H2,1H3,(H,25,29). The van der Waals surface area contributed by atoms with Crippen LogP contribution in [-0.2, 0) is 0 Å². The van der Waals surface area contributed by atoms with E-state index in [2.05, 4.69) is 22.2 Å². The summed E-state index contributed by atoms with van der Waals surface area (Å²) in [5.74, 6) is 1.40. The molecule has 0 aliphatic carbocycles. The number of hydrogen-bond acceptors (Lipinski definition) is 4. The van der Waals surface area contributed by atoms with Gasteiger partial charge in [0, 0.05) is 12.6 Å². The van der Waals surface area contributed by atoms with E-state index in [9.17, 15) is 4.79 Å². The molecular weight excluding hydrogens is 376 g/mol. The lowest BCUT2D eigenvalue weighted by molar-refractivity contribution is 0.0944. The number of piperidine rings is 1. The predicted molar refractivity (Wildman–Crippen MR) is 118 cm³/mol. The number of benzene rings is 1. The summed E-state index contributed by atoms with van der Waals surface area (Å²) < 4.78 is 7.15. The van der Waals surface area contributed by atoms with E-state index in [0.29, 0.717) is 23.7 Å². The highest BCUT2D eigenvalue weighted by Gasteiger charge is 2.19. The minimum absolute atomic E-state index is 0.115. The normalized spacial score (nSPS) is 15.4. The molecule has 0 bridgehead atoms. The van der Waals surface area contributed by atoms with E-state index in [4.69, 9.17) is 4.42 Å². The summed E-state index contributed by atoms with van der Waals surface area (Å²) in [6, 6.07) is 15.2. The molecule has 3 heterocycles. The van der Waals surface area contributed by atoms with E-state index in [0.717, 1.165) is 31.0 Å². The maximum atomic E-state index is 12.9. The van der Waals surface area contributed by atoms with Crippen LogP contribution in [-0.4, -0.2) is 46.8 Å². The Morgan fingerprint density at radius 3 is 2.67 bits per heavy atom. The van der Waals surface area contributed by atoms with Crippen molar-refractivity contribution in [1.29, 1.82) is 0 Å². The van der Waals surface area contributed by atoms with Crippen LogP contribution in [0.2, 0.25) is 0 Å². The van der Waals surface area contributed by atoms with E-state index >= 15 is 0 Å². The van der Waals surface area contributed by atoms with Crippen LogP contribution in [0.25, 0.3) is 17.1 Å². The molecule has 0 unspecified atom stereocenters. The van der Waals surface area contributed by atoms with Gasteiger partial charge in [0.2, 0.25) is 0 Å². The molecule has 2 aromatic heterocycles. The molecular formula is C24H30N4O2. The summed E-state index contributed by atoms with van der Waals surface area (Å²) in [5.41, 5.74) is 2.01. The van der Waals surface area contributed by atoms with Crippen molar-refractivity contribution in [3.05, 3.63) is 60.5 Å². The summed E-state index contributed by atoms with van der Waals surface area (Å²) in [4.78, 5) is 15.5. The van der Waals surface area contributed by atoms with Crippen LogP contribution in [0.1, 0.15) is 43.1 Å². The molecule has 1 aliphatic heterocycles. The van der Waals surface area contributed by atoms with Crippen LogP contribution in [0.5, 0.6) is 0 Å². The first-order valence-corrected chi connectivity index (χ1v) is 10.9. The van der Waals surface area contributed by atoms with Crippen LogP contribution in [0.3, 0.4) is 0 Å². The lowest BCUT2D eigenvalue weighted by Crippen LogP contribution is -2.34. The molecule has 0 spiro atoms. The fraction of sp³-hybridized carbons (Fsp3) is 0.417. The Bertz CT molecular complexity index is 926. The highest BCUT2D eigenvalue weighted by atomic mass is 16.3. The molecule has 1 N–H and O–H groups in total. The summed E-state index contributed by atoms with van der Waals surface area (Å²) in [7, 11) is 0. The first-order valence-electron chi connectivity index (χ1n) is 10.9. The number of para-hydroxylation sites is 1. The van der Waals surface area contributed by atoms with Crippen LogP contribution in [0.15, 0.2) is 59.2 Å². The van der Waals surface area contributed by atoms with Crippen LogP contribution in [0.4, 0.5) is 0 Å². The molecule has 6 nitrogen and oxygen atoms in total. The largest absolute Gasteiger partial charge is 0.463 e. The maximum Gasteiger partial charge on any atom is 0.270 e. The van der Waals surface area contributed by atoms with Gasteiger partial charge < -0.3 is 14.6 Å². The number of amides is 1. The number of carbonyl (C=O) groups is 1. The zero-order valence-corrected chi connectivity index (χ0v) is 17.6. The molecule has 1 aromatic carbocycles. The van der Waals surface area contributed by atoms with Gasteiger partial charge in [0.05, 0.1) is 12.0 Å². The first kappa shape index (κ1) is 20.4. The molecule has 1 aliphatic rings. The van der Waals surface area contributed by atoms with Crippen molar-refractivity contribution in [1.82, 2.24) is 20.0 Å². The lowest BCUT2D eigenvalue weighted by atomic mass is 9.99. The van der Waals surface area contributed by atoms with Gasteiger partial charge >= 0.3 is 0 Å². The minimum Gasteiger partial charge on any atom is -0.463 e. The number of nitrogens with zero attached hydrogens (tertiary/aromatic N) is 3. The molecule has 0 radical (unpaired) electrons. The number of hydrogen-bond donors (Lipinski definition) is 1. The second-order valence-electron chi connectivity index (χ2n) is 8.13. The highest BCUT2D eigenvalue weighted by Crippen LogP contribution is 2.22. The minimum atomic E-state index is -0.115. The van der Waals surface area contributed by atoms with Gasteiger partial charge in [-0.2, -0.15) is 5.10 Å². The number of nitrogens with one attached hydrogen (secondary N) is 1. The van der Waals surface area contributed by atoms with Gasteiger partial charge in [-0.1, -0.05) is 25.1 Å². The Morgan fingerprint density at radius 1 is 1.13 bits per heavy atom. The van der Waals surface area contributed by atoms with Gasteiger partial charge in [0.15, 0.2) is 5.76 Å². The average Bonchev–Trinajstić information content (AvgIpc) is 3.45.